The van der Waals surface area contributed by atoms with Gasteiger partial charge in [0.25, 0.3) is 5.91 Å². The highest BCUT2D eigenvalue weighted by molar-refractivity contribution is 5.94. The van der Waals surface area contributed by atoms with E-state index in [2.05, 4.69) is 10.5 Å². The van der Waals surface area contributed by atoms with Crippen molar-refractivity contribution in [1.29, 1.82) is 0 Å². The van der Waals surface area contributed by atoms with Crippen molar-refractivity contribution in [2.45, 2.75) is 6.92 Å². The molecule has 2 aromatic carbocycles. The molecule has 0 bridgehead atoms. The number of carboxylic acid groups (broad SMARTS) is 1. The molecule has 2 N–H and O–H groups in total. The summed E-state index contributed by atoms with van der Waals surface area (Å²) >= 11 is 0. The number of rotatable bonds is 7. The molecule has 3 rings (SSSR count). The zero-order valence-electron chi connectivity index (χ0n) is 15.1. The summed E-state index contributed by atoms with van der Waals surface area (Å²) in [5.74, 6) is 0.375. The average molecular weight is 378 g/mol. The number of nitrogens with one attached hydrogen (secondary N) is 1. The maximum absolute atomic E-state index is 12.1. The van der Waals surface area contributed by atoms with Gasteiger partial charge in [-0.05, 0) is 55.5 Å². The number of carbonyl (C=O) groups excluding carboxylic acids is 1. The van der Waals surface area contributed by atoms with Crippen LogP contribution < -0.4 is 10.2 Å². The van der Waals surface area contributed by atoms with E-state index in [1.165, 1.54) is 18.3 Å². The lowest BCUT2D eigenvalue weighted by molar-refractivity contribution is 0.0696. The quantitative estimate of drug-likeness (QED) is 0.481. The van der Waals surface area contributed by atoms with E-state index in [0.29, 0.717) is 29.4 Å². The van der Waals surface area contributed by atoms with E-state index in [9.17, 15) is 9.59 Å². The Morgan fingerprint density at radius 1 is 1.04 bits per heavy atom. The van der Waals surface area contributed by atoms with E-state index in [0.717, 1.165) is 5.56 Å². The second-order valence-corrected chi connectivity index (χ2v) is 5.74. The number of ether oxygens (including phenoxy) is 1. The molecule has 0 radical (unpaired) electrons. The van der Waals surface area contributed by atoms with Gasteiger partial charge in [0.15, 0.2) is 0 Å². The number of nitrogens with zero attached hydrogens (tertiary/aromatic N) is 1. The van der Waals surface area contributed by atoms with E-state index in [1.807, 2.05) is 6.92 Å². The summed E-state index contributed by atoms with van der Waals surface area (Å²) in [6.07, 6.45) is 1.39. The number of hydrogen-bond acceptors (Lipinski definition) is 5. The molecule has 0 saturated heterocycles. The Morgan fingerprint density at radius 3 is 2.36 bits per heavy atom. The summed E-state index contributed by atoms with van der Waals surface area (Å²) in [4.78, 5) is 23.0. The van der Waals surface area contributed by atoms with Crippen molar-refractivity contribution in [2.75, 3.05) is 6.61 Å². The fraction of sp³-hybridized carbons (Fsp3) is 0.0952. The van der Waals surface area contributed by atoms with E-state index >= 15 is 0 Å². The smallest absolute Gasteiger partial charge is 0.335 e. The first-order valence-electron chi connectivity index (χ1n) is 8.56. The summed E-state index contributed by atoms with van der Waals surface area (Å²) in [7, 11) is 0. The van der Waals surface area contributed by atoms with Gasteiger partial charge in [0, 0.05) is 11.1 Å². The van der Waals surface area contributed by atoms with Crippen LogP contribution in [0.3, 0.4) is 0 Å². The van der Waals surface area contributed by atoms with Gasteiger partial charge in [-0.25, -0.2) is 10.2 Å². The first-order valence-corrected chi connectivity index (χ1v) is 8.56. The van der Waals surface area contributed by atoms with Gasteiger partial charge in [-0.3, -0.25) is 4.79 Å². The van der Waals surface area contributed by atoms with Gasteiger partial charge in [-0.1, -0.05) is 12.1 Å². The lowest BCUT2D eigenvalue weighted by Crippen LogP contribution is -2.17. The largest absolute Gasteiger partial charge is 0.494 e. The summed E-state index contributed by atoms with van der Waals surface area (Å²) in [6.45, 7) is 2.45. The van der Waals surface area contributed by atoms with Gasteiger partial charge < -0.3 is 14.3 Å². The minimum atomic E-state index is -0.984. The van der Waals surface area contributed by atoms with Gasteiger partial charge in [-0.15, -0.1) is 0 Å². The van der Waals surface area contributed by atoms with Crippen LogP contribution in [0.1, 0.15) is 33.4 Å². The van der Waals surface area contributed by atoms with Gasteiger partial charge in [0.2, 0.25) is 0 Å². The Balaban J connectivity index is 1.60. The number of furan rings is 1. The Morgan fingerprint density at radius 2 is 1.71 bits per heavy atom. The van der Waals surface area contributed by atoms with Gasteiger partial charge in [0.05, 0.1) is 18.4 Å². The van der Waals surface area contributed by atoms with E-state index in [4.69, 9.17) is 14.3 Å². The molecule has 1 aromatic heterocycles. The van der Waals surface area contributed by atoms with Gasteiger partial charge >= 0.3 is 5.97 Å². The predicted octanol–water partition coefficient (Wildman–Crippen LogP) is 3.81. The summed E-state index contributed by atoms with van der Waals surface area (Å²) in [5, 5.41) is 12.8. The minimum absolute atomic E-state index is 0.203. The Labute approximate surface area is 161 Å². The molecule has 0 atom stereocenters. The van der Waals surface area contributed by atoms with Crippen molar-refractivity contribution in [2.24, 2.45) is 5.10 Å². The van der Waals surface area contributed by atoms with Crippen LogP contribution in [0, 0.1) is 0 Å². The molecule has 0 saturated carbocycles. The van der Waals surface area contributed by atoms with Crippen LogP contribution >= 0.6 is 0 Å². The third-order valence-electron chi connectivity index (χ3n) is 3.83. The lowest BCUT2D eigenvalue weighted by Gasteiger charge is -2.03. The molecule has 1 amide bonds. The topological polar surface area (TPSA) is 101 Å². The van der Waals surface area contributed by atoms with Gasteiger partial charge in [0.1, 0.15) is 17.3 Å². The van der Waals surface area contributed by atoms with Crippen LogP contribution in [0.2, 0.25) is 0 Å². The molecule has 3 aromatic rings. The second-order valence-electron chi connectivity index (χ2n) is 5.74. The molecule has 0 aliphatic carbocycles. The molecule has 142 valence electrons. The van der Waals surface area contributed by atoms with Crippen molar-refractivity contribution in [3.05, 3.63) is 77.6 Å². The fourth-order valence-corrected chi connectivity index (χ4v) is 2.44. The molecule has 28 heavy (non-hydrogen) atoms. The standard InChI is InChI=1S/C21H18N2O5/c1-2-27-17-9-7-15(8-10-17)20(24)23-22-13-18-11-12-19(28-18)14-3-5-16(6-4-14)21(25)26/h3-13H,2H2,1H3,(H,23,24)(H,25,26)/b22-13+. The minimum Gasteiger partial charge on any atom is -0.494 e. The molecular weight excluding hydrogens is 360 g/mol. The highest BCUT2D eigenvalue weighted by atomic mass is 16.5. The van der Waals surface area contributed by atoms with Crippen molar-refractivity contribution < 1.29 is 23.8 Å². The van der Waals surface area contributed by atoms with Crippen LogP contribution in [0.25, 0.3) is 11.3 Å². The first kappa shape index (κ1) is 18.9. The van der Waals surface area contributed by atoms with Crippen LogP contribution in [0.15, 0.2) is 70.2 Å². The second kappa shape index (κ2) is 8.68. The molecule has 0 spiro atoms. The molecule has 0 aliphatic heterocycles. The van der Waals surface area contributed by atoms with Crippen molar-refractivity contribution in [1.82, 2.24) is 5.43 Å². The number of amides is 1. The number of aromatic carboxylic acids is 1. The lowest BCUT2D eigenvalue weighted by atomic mass is 10.1. The summed E-state index contributed by atoms with van der Waals surface area (Å²) in [6, 6.07) is 16.5. The number of hydrazone groups is 1. The molecule has 0 unspecified atom stereocenters. The first-order chi connectivity index (χ1) is 13.6. The van der Waals surface area contributed by atoms with Crippen LogP contribution in [-0.2, 0) is 0 Å². The SMILES string of the molecule is CCOc1ccc(C(=O)N/N=C/c2ccc(-c3ccc(C(=O)O)cc3)o2)cc1. The molecule has 7 nitrogen and oxygen atoms in total. The number of benzene rings is 2. The normalized spacial score (nSPS) is 10.8. The highest BCUT2D eigenvalue weighted by Gasteiger charge is 2.07. The van der Waals surface area contributed by atoms with Gasteiger partial charge in [-0.2, -0.15) is 5.10 Å². The molecule has 0 fully saturated rings. The number of carboxylic acids is 1. The van der Waals surface area contributed by atoms with E-state index in [-0.39, 0.29) is 11.5 Å². The monoisotopic (exact) mass is 378 g/mol. The summed E-state index contributed by atoms with van der Waals surface area (Å²) in [5.41, 5.74) is 3.83. The van der Waals surface area contributed by atoms with Crippen LogP contribution in [0.5, 0.6) is 5.75 Å². The third kappa shape index (κ3) is 4.64. The average Bonchev–Trinajstić information content (AvgIpc) is 3.18. The molecule has 1 heterocycles. The zero-order valence-corrected chi connectivity index (χ0v) is 15.1. The van der Waals surface area contributed by atoms with Crippen molar-refractivity contribution in [3.63, 3.8) is 0 Å². The Kier molecular flexibility index (Phi) is 5.86. The highest BCUT2D eigenvalue weighted by Crippen LogP contribution is 2.22. The van der Waals surface area contributed by atoms with Crippen molar-refractivity contribution in [3.8, 4) is 17.1 Å². The van der Waals surface area contributed by atoms with E-state index in [1.54, 1.807) is 48.5 Å². The predicted molar refractivity (Wildman–Crippen MR) is 104 cm³/mol. The zero-order chi connectivity index (χ0) is 19.9. The summed E-state index contributed by atoms with van der Waals surface area (Å²) < 4.78 is 11.0. The number of hydrogen-bond donors (Lipinski definition) is 2. The van der Waals surface area contributed by atoms with Crippen molar-refractivity contribution >= 4 is 18.1 Å². The molecular formula is C21H18N2O5. The number of carbonyl (C=O) groups is 2. The van der Waals surface area contributed by atoms with Crippen LogP contribution in [0.4, 0.5) is 0 Å². The van der Waals surface area contributed by atoms with Crippen LogP contribution in [-0.4, -0.2) is 29.8 Å². The molecule has 0 aliphatic rings. The van der Waals surface area contributed by atoms with E-state index < -0.39 is 5.97 Å². The Bertz CT molecular complexity index is 988. The maximum Gasteiger partial charge on any atom is 0.335 e. The third-order valence-corrected chi connectivity index (χ3v) is 3.83. The molecule has 7 heteroatoms. The fourth-order valence-electron chi connectivity index (χ4n) is 2.44. The maximum atomic E-state index is 12.1. The Hall–Kier alpha value is -3.87.